The molecule has 1 rings (SSSR count). The van der Waals surface area contributed by atoms with E-state index in [-0.39, 0.29) is 12.0 Å². The Bertz CT molecular complexity index is 383. The first-order chi connectivity index (χ1) is 7.95. The maximum Gasteiger partial charge on any atom is 0.221 e. The van der Waals surface area contributed by atoms with Crippen molar-refractivity contribution >= 4 is 11.6 Å². The summed E-state index contributed by atoms with van der Waals surface area (Å²) in [5.74, 6) is 1.45. The van der Waals surface area contributed by atoms with Gasteiger partial charge in [0, 0.05) is 18.6 Å². The molecule has 0 aliphatic carbocycles. The van der Waals surface area contributed by atoms with E-state index in [9.17, 15) is 0 Å². The lowest BCUT2D eigenvalue weighted by atomic mass is 10.2. The number of hydrogen-bond donors (Lipinski definition) is 0. The van der Waals surface area contributed by atoms with Gasteiger partial charge in [0.15, 0.2) is 0 Å². The highest BCUT2D eigenvalue weighted by Gasteiger charge is 2.15. The number of rotatable bonds is 5. The van der Waals surface area contributed by atoms with E-state index < -0.39 is 0 Å². The average Bonchev–Trinajstić information content (AvgIpc) is 2.24. The first-order valence-electron chi connectivity index (χ1n) is 5.65. The molecule has 0 amide bonds. The maximum atomic E-state index is 6.06. The smallest absolute Gasteiger partial charge is 0.221 e. The van der Waals surface area contributed by atoms with Gasteiger partial charge in [0.05, 0.1) is 6.61 Å². The van der Waals surface area contributed by atoms with Crippen LogP contribution >= 0.6 is 11.6 Å². The number of nitrogens with zero attached hydrogens (tertiary/aromatic N) is 2. The molecule has 0 aliphatic heterocycles. The Kier molecular flexibility index (Phi) is 5.15. The van der Waals surface area contributed by atoms with Gasteiger partial charge in [0.1, 0.15) is 17.1 Å². The highest BCUT2D eigenvalue weighted by Crippen LogP contribution is 2.25. The van der Waals surface area contributed by atoms with E-state index in [1.54, 1.807) is 7.11 Å². The summed E-state index contributed by atoms with van der Waals surface area (Å²) in [5.41, 5.74) is 0.763. The van der Waals surface area contributed by atoms with Crippen LogP contribution in [0.4, 0.5) is 0 Å². The standard InChI is InChI=1S/C12H19ClN2O2/c1-7(2)11-14-10(13)9(4)12(15-11)17-8(3)6-16-5/h7-8H,6H2,1-5H3. The third-order valence-corrected chi connectivity index (χ3v) is 2.66. The molecule has 1 atom stereocenters. The molecule has 0 fully saturated rings. The van der Waals surface area contributed by atoms with Crippen LogP contribution in [0.25, 0.3) is 0 Å². The van der Waals surface area contributed by atoms with Crippen molar-refractivity contribution in [1.29, 1.82) is 0 Å². The molecule has 1 heterocycles. The van der Waals surface area contributed by atoms with Crippen LogP contribution in [0.3, 0.4) is 0 Å². The molecule has 0 N–H and O–H groups in total. The monoisotopic (exact) mass is 258 g/mol. The van der Waals surface area contributed by atoms with E-state index >= 15 is 0 Å². The van der Waals surface area contributed by atoms with Crippen molar-refractivity contribution in [2.75, 3.05) is 13.7 Å². The molecule has 4 nitrogen and oxygen atoms in total. The van der Waals surface area contributed by atoms with E-state index in [1.807, 2.05) is 27.7 Å². The van der Waals surface area contributed by atoms with Gasteiger partial charge in [-0.15, -0.1) is 0 Å². The van der Waals surface area contributed by atoms with Gasteiger partial charge in [-0.3, -0.25) is 0 Å². The van der Waals surface area contributed by atoms with Crippen molar-refractivity contribution < 1.29 is 9.47 Å². The van der Waals surface area contributed by atoms with Gasteiger partial charge in [-0.2, -0.15) is 4.98 Å². The third kappa shape index (κ3) is 3.82. The topological polar surface area (TPSA) is 44.2 Å². The van der Waals surface area contributed by atoms with Gasteiger partial charge in [0.25, 0.3) is 0 Å². The summed E-state index contributed by atoms with van der Waals surface area (Å²) < 4.78 is 10.7. The molecule has 17 heavy (non-hydrogen) atoms. The van der Waals surface area contributed by atoms with Gasteiger partial charge >= 0.3 is 0 Å². The first kappa shape index (κ1) is 14.2. The Morgan fingerprint density at radius 3 is 2.41 bits per heavy atom. The minimum absolute atomic E-state index is 0.0651. The predicted octanol–water partition coefficient (Wildman–Crippen LogP) is 2.98. The van der Waals surface area contributed by atoms with Crippen molar-refractivity contribution in [2.24, 2.45) is 0 Å². The fourth-order valence-corrected chi connectivity index (χ4v) is 1.49. The second-order valence-electron chi connectivity index (χ2n) is 4.34. The van der Waals surface area contributed by atoms with E-state index in [0.717, 1.165) is 5.56 Å². The Morgan fingerprint density at radius 1 is 1.24 bits per heavy atom. The Hall–Kier alpha value is -0.870. The first-order valence-corrected chi connectivity index (χ1v) is 6.03. The van der Waals surface area contributed by atoms with Crippen LogP contribution < -0.4 is 4.74 Å². The molecule has 0 bridgehead atoms. The van der Waals surface area contributed by atoms with E-state index in [2.05, 4.69) is 9.97 Å². The predicted molar refractivity (Wildman–Crippen MR) is 67.8 cm³/mol. The maximum absolute atomic E-state index is 6.06. The summed E-state index contributed by atoms with van der Waals surface area (Å²) in [6.07, 6.45) is -0.0651. The molecule has 0 aliphatic rings. The summed E-state index contributed by atoms with van der Waals surface area (Å²) in [6, 6.07) is 0. The van der Waals surface area contributed by atoms with Crippen molar-refractivity contribution in [1.82, 2.24) is 9.97 Å². The Balaban J connectivity index is 2.97. The zero-order chi connectivity index (χ0) is 13.0. The zero-order valence-electron chi connectivity index (χ0n) is 11.0. The summed E-state index contributed by atoms with van der Waals surface area (Å²) in [5, 5.41) is 0.448. The molecule has 1 unspecified atom stereocenters. The molecule has 5 heteroatoms. The van der Waals surface area contributed by atoms with Crippen molar-refractivity contribution in [3.8, 4) is 5.88 Å². The molecule has 0 saturated carbocycles. The van der Waals surface area contributed by atoms with Gasteiger partial charge in [0.2, 0.25) is 5.88 Å². The summed E-state index contributed by atoms with van der Waals surface area (Å²) >= 11 is 6.06. The van der Waals surface area contributed by atoms with Crippen LogP contribution in [-0.4, -0.2) is 29.8 Å². The molecule has 0 saturated heterocycles. The van der Waals surface area contributed by atoms with Crippen LogP contribution in [0.15, 0.2) is 0 Å². The lowest BCUT2D eigenvalue weighted by Crippen LogP contribution is -2.20. The fourth-order valence-electron chi connectivity index (χ4n) is 1.32. The minimum Gasteiger partial charge on any atom is -0.472 e. The highest BCUT2D eigenvalue weighted by molar-refractivity contribution is 6.30. The lowest BCUT2D eigenvalue weighted by molar-refractivity contribution is 0.0881. The fraction of sp³-hybridized carbons (Fsp3) is 0.667. The van der Waals surface area contributed by atoms with E-state index in [1.165, 1.54) is 0 Å². The Morgan fingerprint density at radius 2 is 1.88 bits per heavy atom. The Labute approximate surface area is 107 Å². The SMILES string of the molecule is COCC(C)Oc1nc(C(C)C)nc(Cl)c1C. The van der Waals surface area contributed by atoms with Gasteiger partial charge < -0.3 is 9.47 Å². The second kappa shape index (κ2) is 6.17. The van der Waals surface area contributed by atoms with Crippen LogP contribution in [0.1, 0.15) is 38.1 Å². The van der Waals surface area contributed by atoms with Crippen LogP contribution in [0, 0.1) is 6.92 Å². The van der Waals surface area contributed by atoms with Gasteiger partial charge in [-0.05, 0) is 13.8 Å². The van der Waals surface area contributed by atoms with Gasteiger partial charge in [-0.25, -0.2) is 4.98 Å². The van der Waals surface area contributed by atoms with Crippen molar-refractivity contribution in [3.05, 3.63) is 16.5 Å². The van der Waals surface area contributed by atoms with Crippen LogP contribution in [0.2, 0.25) is 5.15 Å². The van der Waals surface area contributed by atoms with E-state index in [4.69, 9.17) is 21.1 Å². The summed E-state index contributed by atoms with van der Waals surface area (Å²) in [7, 11) is 1.64. The highest BCUT2D eigenvalue weighted by atomic mass is 35.5. The van der Waals surface area contributed by atoms with Crippen LogP contribution in [0.5, 0.6) is 5.88 Å². The second-order valence-corrected chi connectivity index (χ2v) is 4.70. The largest absolute Gasteiger partial charge is 0.472 e. The van der Waals surface area contributed by atoms with E-state index in [0.29, 0.717) is 23.5 Å². The lowest BCUT2D eigenvalue weighted by Gasteiger charge is -2.16. The van der Waals surface area contributed by atoms with Crippen molar-refractivity contribution in [2.45, 2.75) is 39.7 Å². The number of halogens is 1. The average molecular weight is 259 g/mol. The summed E-state index contributed by atoms with van der Waals surface area (Å²) in [6.45, 7) is 8.32. The quantitative estimate of drug-likeness (QED) is 0.762. The number of aromatic nitrogens is 2. The molecule has 1 aromatic heterocycles. The molecule has 1 aromatic rings. The van der Waals surface area contributed by atoms with Gasteiger partial charge in [-0.1, -0.05) is 25.4 Å². The summed E-state index contributed by atoms with van der Waals surface area (Å²) in [4.78, 5) is 8.61. The molecule has 96 valence electrons. The number of ether oxygens (including phenoxy) is 2. The normalized spacial score (nSPS) is 12.9. The minimum atomic E-state index is -0.0651. The molecule has 0 aromatic carbocycles. The molecule has 0 spiro atoms. The number of methoxy groups -OCH3 is 1. The zero-order valence-corrected chi connectivity index (χ0v) is 11.7. The molecular formula is C12H19ClN2O2. The third-order valence-electron chi connectivity index (χ3n) is 2.29. The number of hydrogen-bond acceptors (Lipinski definition) is 4. The molecular weight excluding hydrogens is 240 g/mol. The van der Waals surface area contributed by atoms with Crippen molar-refractivity contribution in [3.63, 3.8) is 0 Å². The van der Waals surface area contributed by atoms with Crippen LogP contribution in [-0.2, 0) is 4.74 Å². The molecule has 0 radical (unpaired) electrons.